The van der Waals surface area contributed by atoms with Gasteiger partial charge < -0.3 is 4.74 Å². The molecule has 0 atom stereocenters. The van der Waals surface area contributed by atoms with Gasteiger partial charge in [0.25, 0.3) is 0 Å². The maximum atomic E-state index is 10.8. The maximum absolute atomic E-state index is 10.8. The molecule has 14 heavy (non-hydrogen) atoms. The summed E-state index contributed by atoms with van der Waals surface area (Å²) in [6.45, 7) is 2.01. The molecule has 1 aromatic rings. The largest absolute Gasteiger partial charge is 0.456 e. The van der Waals surface area contributed by atoms with Crippen LogP contribution in [0.5, 0.6) is 0 Å². The smallest absolute Gasteiger partial charge is 0.384 e. The number of esters is 1. The second kappa shape index (κ2) is 5.20. The molecule has 0 radical (unpaired) electrons. The molecule has 0 fully saturated rings. The zero-order valence-electron chi connectivity index (χ0n) is 7.45. The van der Waals surface area contributed by atoms with Crippen LogP contribution in [0.3, 0.4) is 0 Å². The Hall–Kier alpha value is -1.60. The summed E-state index contributed by atoms with van der Waals surface area (Å²) < 4.78 is 4.59. The van der Waals surface area contributed by atoms with Crippen molar-refractivity contribution in [2.75, 3.05) is 6.61 Å². The standard InChI is InChI=1S/C9H7ClN2O2/c1-2-14-9(13)4-3-8-11-5-7(10)6-12-8/h5-6H,2H2,1H3. The highest BCUT2D eigenvalue weighted by Gasteiger charge is 1.94. The van der Waals surface area contributed by atoms with Gasteiger partial charge >= 0.3 is 5.97 Å². The quantitative estimate of drug-likeness (QED) is 0.514. The van der Waals surface area contributed by atoms with Crippen molar-refractivity contribution in [3.05, 3.63) is 23.2 Å². The molecular weight excluding hydrogens is 204 g/mol. The maximum Gasteiger partial charge on any atom is 0.384 e. The Bertz CT molecular complexity index is 378. The Kier molecular flexibility index (Phi) is 3.89. The summed E-state index contributed by atoms with van der Waals surface area (Å²) in [6, 6.07) is 0. The molecule has 4 nitrogen and oxygen atoms in total. The van der Waals surface area contributed by atoms with Crippen LogP contribution >= 0.6 is 11.6 Å². The molecule has 0 saturated carbocycles. The van der Waals surface area contributed by atoms with E-state index in [-0.39, 0.29) is 5.82 Å². The van der Waals surface area contributed by atoms with Gasteiger partial charge in [0.05, 0.1) is 24.0 Å². The first kappa shape index (κ1) is 10.5. The molecular formula is C9H7ClN2O2. The Morgan fingerprint density at radius 1 is 1.57 bits per heavy atom. The molecule has 0 aliphatic heterocycles. The lowest BCUT2D eigenvalue weighted by Crippen LogP contribution is -2.00. The fourth-order valence-electron chi connectivity index (χ4n) is 0.651. The van der Waals surface area contributed by atoms with Crippen LogP contribution in [-0.2, 0) is 9.53 Å². The highest BCUT2D eigenvalue weighted by atomic mass is 35.5. The van der Waals surface area contributed by atoms with Gasteiger partial charge in [0, 0.05) is 5.92 Å². The first-order valence-corrected chi connectivity index (χ1v) is 4.26. The van der Waals surface area contributed by atoms with Crippen molar-refractivity contribution in [2.45, 2.75) is 6.92 Å². The molecule has 0 N–H and O–H groups in total. The van der Waals surface area contributed by atoms with Crippen molar-refractivity contribution in [1.29, 1.82) is 0 Å². The van der Waals surface area contributed by atoms with E-state index in [1.807, 2.05) is 0 Å². The van der Waals surface area contributed by atoms with E-state index in [0.717, 1.165) is 0 Å². The fourth-order valence-corrected chi connectivity index (χ4v) is 0.749. The van der Waals surface area contributed by atoms with Crippen LogP contribution in [0.4, 0.5) is 0 Å². The van der Waals surface area contributed by atoms with E-state index < -0.39 is 5.97 Å². The van der Waals surface area contributed by atoms with E-state index in [9.17, 15) is 4.79 Å². The first-order valence-electron chi connectivity index (χ1n) is 3.88. The minimum Gasteiger partial charge on any atom is -0.456 e. The Balaban J connectivity index is 2.68. The summed E-state index contributed by atoms with van der Waals surface area (Å²) in [5, 5.41) is 0.423. The fraction of sp³-hybridized carbons (Fsp3) is 0.222. The van der Waals surface area contributed by atoms with Gasteiger partial charge in [-0.1, -0.05) is 11.6 Å². The number of halogens is 1. The third-order valence-corrected chi connectivity index (χ3v) is 1.37. The van der Waals surface area contributed by atoms with E-state index in [2.05, 4.69) is 26.5 Å². The average molecular weight is 211 g/mol. The lowest BCUT2D eigenvalue weighted by atomic mass is 10.5. The average Bonchev–Trinajstić information content (AvgIpc) is 2.17. The number of hydrogen-bond donors (Lipinski definition) is 0. The lowest BCUT2D eigenvalue weighted by molar-refractivity contribution is -0.136. The second-order valence-corrected chi connectivity index (χ2v) is 2.63. The molecule has 1 heterocycles. The predicted octanol–water partition coefficient (Wildman–Crippen LogP) is 1.04. The van der Waals surface area contributed by atoms with Crippen molar-refractivity contribution in [1.82, 2.24) is 9.97 Å². The number of aromatic nitrogens is 2. The summed E-state index contributed by atoms with van der Waals surface area (Å²) in [4.78, 5) is 18.4. The highest BCUT2D eigenvalue weighted by molar-refractivity contribution is 6.30. The number of nitrogens with zero attached hydrogens (tertiary/aromatic N) is 2. The van der Waals surface area contributed by atoms with Crippen LogP contribution in [-0.4, -0.2) is 22.5 Å². The third-order valence-electron chi connectivity index (χ3n) is 1.17. The molecule has 0 aliphatic carbocycles. The summed E-state index contributed by atoms with van der Waals surface area (Å²) in [6.07, 6.45) is 2.81. The molecule has 0 aromatic carbocycles. The number of rotatable bonds is 1. The van der Waals surface area contributed by atoms with Crippen LogP contribution in [0.1, 0.15) is 12.7 Å². The summed E-state index contributed by atoms with van der Waals surface area (Å²) in [5.41, 5.74) is 0. The molecule has 1 rings (SSSR count). The van der Waals surface area contributed by atoms with Crippen LogP contribution in [0, 0.1) is 11.8 Å². The van der Waals surface area contributed by atoms with Crippen molar-refractivity contribution < 1.29 is 9.53 Å². The molecule has 0 saturated heterocycles. The van der Waals surface area contributed by atoms with Gasteiger partial charge in [-0.2, -0.15) is 0 Å². The third kappa shape index (κ3) is 3.42. The van der Waals surface area contributed by atoms with Gasteiger partial charge in [-0.25, -0.2) is 14.8 Å². The summed E-state index contributed by atoms with van der Waals surface area (Å²) >= 11 is 5.56. The molecule has 0 aliphatic rings. The van der Waals surface area contributed by atoms with E-state index >= 15 is 0 Å². The number of carbonyl (C=O) groups excluding carboxylic acids is 1. The van der Waals surface area contributed by atoms with Gasteiger partial charge in [-0.15, -0.1) is 0 Å². The van der Waals surface area contributed by atoms with Crippen LogP contribution in [0.2, 0.25) is 5.02 Å². The van der Waals surface area contributed by atoms with Crippen LogP contribution < -0.4 is 0 Å². The topological polar surface area (TPSA) is 52.1 Å². The zero-order chi connectivity index (χ0) is 10.4. The van der Waals surface area contributed by atoms with Gasteiger partial charge in [0.15, 0.2) is 0 Å². The lowest BCUT2D eigenvalue weighted by Gasteiger charge is -1.91. The van der Waals surface area contributed by atoms with E-state index in [1.165, 1.54) is 12.4 Å². The summed E-state index contributed by atoms with van der Waals surface area (Å²) in [7, 11) is 0. The van der Waals surface area contributed by atoms with Gasteiger partial charge in [0.1, 0.15) is 0 Å². The molecule has 72 valence electrons. The van der Waals surface area contributed by atoms with Crippen LogP contribution in [0.15, 0.2) is 12.4 Å². The molecule has 0 unspecified atom stereocenters. The minimum atomic E-state index is -0.592. The molecule has 1 aromatic heterocycles. The Labute approximate surface area is 86.3 Å². The monoisotopic (exact) mass is 210 g/mol. The first-order chi connectivity index (χ1) is 6.72. The van der Waals surface area contributed by atoms with Crippen molar-refractivity contribution in [2.24, 2.45) is 0 Å². The van der Waals surface area contributed by atoms with E-state index in [4.69, 9.17) is 11.6 Å². The van der Waals surface area contributed by atoms with Crippen LogP contribution in [0.25, 0.3) is 0 Å². The van der Waals surface area contributed by atoms with Gasteiger partial charge in [0.2, 0.25) is 5.82 Å². The summed E-state index contributed by atoms with van der Waals surface area (Å²) in [5.74, 6) is 4.34. The van der Waals surface area contributed by atoms with Gasteiger partial charge in [-0.05, 0) is 12.8 Å². The number of carbonyl (C=O) groups is 1. The SMILES string of the molecule is CCOC(=O)C#Cc1ncc(Cl)cn1. The van der Waals surface area contributed by atoms with Crippen molar-refractivity contribution in [3.8, 4) is 11.8 Å². The predicted molar refractivity (Wildman–Crippen MR) is 50.6 cm³/mol. The number of hydrogen-bond acceptors (Lipinski definition) is 4. The van der Waals surface area contributed by atoms with E-state index in [0.29, 0.717) is 11.6 Å². The number of ether oxygens (including phenoxy) is 1. The second-order valence-electron chi connectivity index (χ2n) is 2.20. The Morgan fingerprint density at radius 2 is 2.21 bits per heavy atom. The minimum absolute atomic E-state index is 0.238. The molecule has 5 heteroatoms. The normalized spacial score (nSPS) is 8.71. The Morgan fingerprint density at radius 3 is 2.79 bits per heavy atom. The molecule has 0 spiro atoms. The van der Waals surface area contributed by atoms with E-state index in [1.54, 1.807) is 6.92 Å². The zero-order valence-corrected chi connectivity index (χ0v) is 8.21. The van der Waals surface area contributed by atoms with Crippen molar-refractivity contribution in [3.63, 3.8) is 0 Å². The highest BCUT2D eigenvalue weighted by Crippen LogP contribution is 2.01. The van der Waals surface area contributed by atoms with Crippen molar-refractivity contribution >= 4 is 17.6 Å². The van der Waals surface area contributed by atoms with Gasteiger partial charge in [-0.3, -0.25) is 0 Å². The molecule has 0 bridgehead atoms. The molecule has 0 amide bonds.